The summed E-state index contributed by atoms with van der Waals surface area (Å²) in [4.78, 5) is 0. The molecule has 1 rings (SSSR count). The Labute approximate surface area is 121 Å². The van der Waals surface area contributed by atoms with Crippen LogP contribution in [0.25, 0.3) is 0 Å². The highest BCUT2D eigenvalue weighted by atomic mass is 16.5. The minimum atomic E-state index is 0.488. The summed E-state index contributed by atoms with van der Waals surface area (Å²) in [5.74, 6) is 1.83. The summed E-state index contributed by atoms with van der Waals surface area (Å²) < 4.78 is 21.4. The predicted molar refractivity (Wildman–Crippen MR) is 77.8 cm³/mol. The summed E-state index contributed by atoms with van der Waals surface area (Å²) in [6.45, 7) is 8.86. The van der Waals surface area contributed by atoms with Gasteiger partial charge in [0, 0.05) is 19.2 Å². The molecule has 0 saturated carbocycles. The third kappa shape index (κ3) is 7.05. The molecule has 0 aliphatic rings. The zero-order valence-corrected chi connectivity index (χ0v) is 12.9. The maximum atomic E-state index is 5.66. The van der Waals surface area contributed by atoms with Gasteiger partial charge in [0.2, 0.25) is 0 Å². The molecule has 0 unspecified atom stereocenters. The van der Waals surface area contributed by atoms with E-state index in [2.05, 4.69) is 18.3 Å². The Bertz CT molecular complexity index is 352. The van der Waals surface area contributed by atoms with Crippen molar-refractivity contribution in [1.29, 1.82) is 0 Å². The third-order valence-corrected chi connectivity index (χ3v) is 2.86. The highest BCUT2D eigenvalue weighted by Gasteiger charge is 2.07. The molecule has 0 aliphatic carbocycles. The number of hydrogen-bond donors (Lipinski definition) is 1. The summed E-state index contributed by atoms with van der Waals surface area (Å²) in [5.41, 5.74) is 1.20. The second-order valence-electron chi connectivity index (χ2n) is 4.63. The van der Waals surface area contributed by atoms with Crippen molar-refractivity contribution in [2.75, 3.05) is 40.1 Å². The first kappa shape index (κ1) is 17.2. The van der Waals surface area contributed by atoms with Crippen molar-refractivity contribution in [1.82, 2.24) is 5.32 Å². The fourth-order valence-corrected chi connectivity index (χ4v) is 1.77. The number of rotatable bonds is 12. The van der Waals surface area contributed by atoms with Crippen LogP contribution in [0.15, 0.2) is 10.5 Å². The van der Waals surface area contributed by atoms with Gasteiger partial charge in [-0.2, -0.15) is 0 Å². The van der Waals surface area contributed by atoms with Gasteiger partial charge < -0.3 is 23.9 Å². The maximum absolute atomic E-state index is 5.66. The quantitative estimate of drug-likeness (QED) is 0.597. The van der Waals surface area contributed by atoms with Crippen LogP contribution in [0.3, 0.4) is 0 Å². The average Bonchev–Trinajstić information content (AvgIpc) is 2.79. The molecule has 0 atom stereocenters. The molecular formula is C15H27NO4. The van der Waals surface area contributed by atoms with Crippen LogP contribution in [0.4, 0.5) is 0 Å². The van der Waals surface area contributed by atoms with Gasteiger partial charge in [0.05, 0.1) is 26.4 Å². The predicted octanol–water partition coefficient (Wildman–Crippen LogP) is 2.27. The summed E-state index contributed by atoms with van der Waals surface area (Å²) in [6.07, 6.45) is 1.13. The van der Waals surface area contributed by atoms with Crippen LogP contribution < -0.4 is 5.32 Å². The maximum Gasteiger partial charge on any atom is 0.130 e. The lowest BCUT2D eigenvalue weighted by Gasteiger charge is -2.03. The van der Waals surface area contributed by atoms with Crippen LogP contribution in [0.5, 0.6) is 0 Å². The van der Waals surface area contributed by atoms with Gasteiger partial charge in [0.15, 0.2) is 0 Å². The molecule has 0 spiro atoms. The molecule has 1 aromatic heterocycles. The zero-order valence-electron chi connectivity index (χ0n) is 12.9. The average molecular weight is 285 g/mol. The summed E-state index contributed by atoms with van der Waals surface area (Å²) in [6, 6.07) is 2.06. The lowest BCUT2D eigenvalue weighted by Crippen LogP contribution is -2.13. The monoisotopic (exact) mass is 285 g/mol. The van der Waals surface area contributed by atoms with Gasteiger partial charge >= 0.3 is 0 Å². The van der Waals surface area contributed by atoms with Gasteiger partial charge in [-0.15, -0.1) is 0 Å². The van der Waals surface area contributed by atoms with E-state index in [0.29, 0.717) is 33.0 Å². The molecule has 5 heteroatoms. The Balaban J connectivity index is 2.15. The molecule has 1 N–H and O–H groups in total. The molecule has 0 amide bonds. The van der Waals surface area contributed by atoms with Gasteiger partial charge in [-0.1, -0.05) is 6.92 Å². The number of nitrogens with one attached hydrogen (secondary N) is 1. The molecule has 1 aromatic rings. The zero-order chi connectivity index (χ0) is 14.6. The third-order valence-electron chi connectivity index (χ3n) is 2.86. The first-order chi connectivity index (χ1) is 9.77. The summed E-state index contributed by atoms with van der Waals surface area (Å²) in [5, 5.41) is 3.37. The van der Waals surface area contributed by atoms with Gasteiger partial charge in [-0.3, -0.25) is 0 Å². The van der Waals surface area contributed by atoms with Crippen LogP contribution in [0, 0.1) is 6.92 Å². The van der Waals surface area contributed by atoms with Crippen LogP contribution in [0.1, 0.15) is 30.4 Å². The molecule has 5 nitrogen and oxygen atoms in total. The van der Waals surface area contributed by atoms with Crippen molar-refractivity contribution < 1.29 is 18.6 Å². The first-order valence-electron chi connectivity index (χ1n) is 7.21. The van der Waals surface area contributed by atoms with E-state index in [1.54, 1.807) is 7.11 Å². The van der Waals surface area contributed by atoms with E-state index >= 15 is 0 Å². The summed E-state index contributed by atoms with van der Waals surface area (Å²) in [7, 11) is 1.66. The molecule has 20 heavy (non-hydrogen) atoms. The highest BCUT2D eigenvalue weighted by Crippen LogP contribution is 2.15. The van der Waals surface area contributed by atoms with Crippen molar-refractivity contribution in [2.45, 2.75) is 33.4 Å². The normalized spacial score (nSPS) is 11.2. The van der Waals surface area contributed by atoms with Gasteiger partial charge in [-0.25, -0.2) is 0 Å². The van der Waals surface area contributed by atoms with Gasteiger partial charge in [0.1, 0.15) is 18.1 Å². The van der Waals surface area contributed by atoms with Crippen molar-refractivity contribution in [3.63, 3.8) is 0 Å². The van der Waals surface area contributed by atoms with Crippen LogP contribution >= 0.6 is 0 Å². The standard InChI is InChI=1S/C15H27NO4/c1-4-5-16-11-14-10-15(20-13(14)2)12-19-9-8-18-7-6-17-3/h10,16H,4-9,11-12H2,1-3H3. The summed E-state index contributed by atoms with van der Waals surface area (Å²) >= 11 is 0. The molecule has 1 heterocycles. The van der Waals surface area contributed by atoms with Crippen molar-refractivity contribution in [2.24, 2.45) is 0 Å². The van der Waals surface area contributed by atoms with Crippen molar-refractivity contribution >= 4 is 0 Å². The molecule has 0 aliphatic heterocycles. The Kier molecular flexibility index (Phi) is 9.32. The molecule has 0 aromatic carbocycles. The van der Waals surface area contributed by atoms with E-state index in [1.807, 2.05) is 6.92 Å². The fraction of sp³-hybridized carbons (Fsp3) is 0.733. The van der Waals surface area contributed by atoms with Crippen LogP contribution in [0.2, 0.25) is 0 Å². The first-order valence-corrected chi connectivity index (χ1v) is 7.21. The minimum absolute atomic E-state index is 0.488. The molecule has 0 bridgehead atoms. The Morgan fingerprint density at radius 1 is 1.15 bits per heavy atom. The number of furan rings is 1. The fourth-order valence-electron chi connectivity index (χ4n) is 1.77. The second-order valence-corrected chi connectivity index (χ2v) is 4.63. The Morgan fingerprint density at radius 2 is 1.90 bits per heavy atom. The molecule has 0 fully saturated rings. The van der Waals surface area contributed by atoms with Crippen LogP contribution in [-0.4, -0.2) is 40.1 Å². The lowest BCUT2D eigenvalue weighted by atomic mass is 10.2. The molecule has 116 valence electrons. The SMILES string of the molecule is CCCNCc1cc(COCCOCCOC)oc1C. The second kappa shape index (κ2) is 10.9. The molecular weight excluding hydrogens is 258 g/mol. The van der Waals surface area contributed by atoms with Crippen LogP contribution in [-0.2, 0) is 27.4 Å². The van der Waals surface area contributed by atoms with E-state index in [4.69, 9.17) is 18.6 Å². The molecule has 0 radical (unpaired) electrons. The molecule has 0 saturated heterocycles. The van der Waals surface area contributed by atoms with Crippen molar-refractivity contribution in [3.05, 3.63) is 23.2 Å². The Morgan fingerprint density at radius 3 is 2.65 bits per heavy atom. The highest BCUT2D eigenvalue weighted by molar-refractivity contribution is 5.20. The number of aryl methyl sites for hydroxylation is 1. The number of ether oxygens (including phenoxy) is 3. The van der Waals surface area contributed by atoms with E-state index < -0.39 is 0 Å². The van der Waals surface area contributed by atoms with Crippen molar-refractivity contribution in [3.8, 4) is 0 Å². The Hall–Kier alpha value is -0.880. The van der Waals surface area contributed by atoms with Gasteiger partial charge in [-0.05, 0) is 26.0 Å². The van der Waals surface area contributed by atoms with E-state index in [-0.39, 0.29) is 0 Å². The largest absolute Gasteiger partial charge is 0.464 e. The number of methoxy groups -OCH3 is 1. The minimum Gasteiger partial charge on any atom is -0.464 e. The number of hydrogen-bond acceptors (Lipinski definition) is 5. The van der Waals surface area contributed by atoms with Gasteiger partial charge in [0.25, 0.3) is 0 Å². The van der Waals surface area contributed by atoms with E-state index in [0.717, 1.165) is 31.0 Å². The lowest BCUT2D eigenvalue weighted by molar-refractivity contribution is 0.0160. The topological polar surface area (TPSA) is 52.9 Å². The van der Waals surface area contributed by atoms with E-state index in [9.17, 15) is 0 Å². The van der Waals surface area contributed by atoms with E-state index in [1.165, 1.54) is 5.56 Å². The smallest absolute Gasteiger partial charge is 0.130 e.